The van der Waals surface area contributed by atoms with Gasteiger partial charge in [-0.15, -0.1) is 0 Å². The van der Waals surface area contributed by atoms with E-state index in [2.05, 4.69) is 0 Å². The van der Waals surface area contributed by atoms with E-state index >= 15 is 0 Å². The third-order valence-corrected chi connectivity index (χ3v) is 6.37. The average Bonchev–Trinajstić information content (AvgIpc) is 3.02. The van der Waals surface area contributed by atoms with Crippen LogP contribution in [0.15, 0.2) is 18.2 Å². The van der Waals surface area contributed by atoms with E-state index in [-0.39, 0.29) is 29.4 Å². The van der Waals surface area contributed by atoms with Gasteiger partial charge in [0.25, 0.3) is 0 Å². The van der Waals surface area contributed by atoms with Gasteiger partial charge in [0.1, 0.15) is 0 Å². The normalized spacial score (nSPS) is 27.4. The maximum atomic E-state index is 12.1. The van der Waals surface area contributed by atoms with Gasteiger partial charge < -0.3 is 15.2 Å². The molecule has 0 unspecified atom stereocenters. The third kappa shape index (κ3) is 2.05. The number of nitrogens with two attached hydrogens (primary N) is 1. The second-order valence-electron chi connectivity index (χ2n) is 4.98. The smallest absolute Gasteiger partial charge is 0.231 e. The van der Waals surface area contributed by atoms with Crippen molar-refractivity contribution in [1.29, 1.82) is 0 Å². The van der Waals surface area contributed by atoms with Gasteiger partial charge in [-0.3, -0.25) is 0 Å². The summed E-state index contributed by atoms with van der Waals surface area (Å²) in [5.41, 5.74) is 6.57. The maximum Gasteiger partial charge on any atom is 0.231 e. The number of hydrogen-bond donors (Lipinski definition) is 1. The van der Waals surface area contributed by atoms with Gasteiger partial charge in [0.2, 0.25) is 6.79 Å². The molecule has 108 valence electrons. The Morgan fingerprint density at radius 1 is 1.40 bits per heavy atom. The highest BCUT2D eigenvalue weighted by Crippen LogP contribution is 2.54. The van der Waals surface area contributed by atoms with Crippen molar-refractivity contribution < 1.29 is 17.9 Å². The first-order chi connectivity index (χ1) is 9.45. The Kier molecular flexibility index (Phi) is 3.13. The summed E-state index contributed by atoms with van der Waals surface area (Å²) in [7, 11) is -3.17. The molecule has 0 amide bonds. The van der Waals surface area contributed by atoms with Crippen molar-refractivity contribution in [3.05, 3.63) is 23.8 Å². The molecular weight excluding hydrogens is 298 g/mol. The minimum atomic E-state index is -3.17. The topological polar surface area (TPSA) is 78.6 Å². The van der Waals surface area contributed by atoms with E-state index in [0.29, 0.717) is 11.5 Å². The van der Waals surface area contributed by atoms with Gasteiger partial charge >= 0.3 is 0 Å². The summed E-state index contributed by atoms with van der Waals surface area (Å²) < 4.78 is 34.8. The fourth-order valence-electron chi connectivity index (χ4n) is 2.78. The Balaban J connectivity index is 1.95. The van der Waals surface area contributed by atoms with Gasteiger partial charge in [-0.25, -0.2) is 8.42 Å². The van der Waals surface area contributed by atoms with Crippen LogP contribution >= 0.6 is 12.2 Å². The van der Waals surface area contributed by atoms with Gasteiger partial charge in [-0.2, -0.15) is 0 Å². The first kappa shape index (κ1) is 13.6. The van der Waals surface area contributed by atoms with Crippen LogP contribution in [-0.4, -0.2) is 31.2 Å². The molecule has 7 heteroatoms. The minimum absolute atomic E-state index is 0.0951. The fourth-order valence-corrected chi connectivity index (χ4v) is 4.99. The molecular formula is C13H15NO4S2. The average molecular weight is 313 g/mol. The zero-order chi connectivity index (χ0) is 14.5. The van der Waals surface area contributed by atoms with Crippen LogP contribution in [0, 0.1) is 5.92 Å². The van der Waals surface area contributed by atoms with Gasteiger partial charge in [0.15, 0.2) is 21.3 Å². The maximum absolute atomic E-state index is 12.1. The Morgan fingerprint density at radius 2 is 2.10 bits per heavy atom. The number of sulfone groups is 1. The zero-order valence-corrected chi connectivity index (χ0v) is 12.5. The highest BCUT2D eigenvalue weighted by molar-refractivity contribution is 7.92. The molecule has 2 N–H and O–H groups in total. The van der Waals surface area contributed by atoms with Gasteiger partial charge in [-0.05, 0) is 17.7 Å². The van der Waals surface area contributed by atoms with Crippen LogP contribution < -0.4 is 15.2 Å². The van der Waals surface area contributed by atoms with Crippen molar-refractivity contribution in [1.82, 2.24) is 0 Å². The van der Waals surface area contributed by atoms with Crippen LogP contribution in [0.4, 0.5) is 0 Å². The number of hydrogen-bond acceptors (Lipinski definition) is 5. The van der Waals surface area contributed by atoms with Crippen LogP contribution in [0.2, 0.25) is 0 Å². The lowest BCUT2D eigenvalue weighted by molar-refractivity contribution is 0.174. The number of ether oxygens (including phenoxy) is 2. The Morgan fingerprint density at radius 3 is 2.75 bits per heavy atom. The van der Waals surface area contributed by atoms with Crippen molar-refractivity contribution in [2.24, 2.45) is 11.7 Å². The second-order valence-corrected chi connectivity index (χ2v) is 7.90. The Bertz CT molecular complexity index is 671. The molecule has 1 aliphatic heterocycles. The first-order valence-corrected chi connectivity index (χ1v) is 8.48. The molecule has 0 aromatic heterocycles. The van der Waals surface area contributed by atoms with Crippen LogP contribution in [0.5, 0.6) is 11.5 Å². The molecule has 1 saturated carbocycles. The fraction of sp³-hybridized carbons (Fsp3) is 0.462. The molecule has 3 atom stereocenters. The van der Waals surface area contributed by atoms with E-state index in [1.165, 1.54) is 0 Å². The van der Waals surface area contributed by atoms with E-state index in [9.17, 15) is 8.42 Å². The van der Waals surface area contributed by atoms with E-state index in [1.807, 2.05) is 12.1 Å². The summed E-state index contributed by atoms with van der Waals surface area (Å²) in [4.78, 5) is 0.259. The molecule has 1 aromatic rings. The second kappa shape index (κ2) is 4.60. The Hall–Kier alpha value is -1.34. The van der Waals surface area contributed by atoms with Crippen LogP contribution in [0.1, 0.15) is 18.4 Å². The first-order valence-electron chi connectivity index (χ1n) is 6.36. The number of benzene rings is 1. The number of fused-ring (bicyclic) bond motifs is 1. The predicted molar refractivity (Wildman–Crippen MR) is 78.8 cm³/mol. The van der Waals surface area contributed by atoms with Crippen molar-refractivity contribution in [3.63, 3.8) is 0 Å². The molecule has 0 saturated heterocycles. The Labute approximate surface area is 123 Å². The quantitative estimate of drug-likeness (QED) is 0.842. The molecule has 1 heterocycles. The standard InChI is InChI=1S/C13H15NO4S2/c1-2-20(15,16)12-10(11(12)13(14)19)7-3-4-8-9(5-7)18-6-17-8/h3-5,10-12H,2,6H2,1H3,(H2,14,19)/t10-,11-,12-/m0/s1. The predicted octanol–water partition coefficient (Wildman–Crippen LogP) is 1.22. The molecule has 0 bridgehead atoms. The summed E-state index contributed by atoms with van der Waals surface area (Å²) >= 11 is 5.01. The van der Waals surface area contributed by atoms with E-state index in [4.69, 9.17) is 27.4 Å². The zero-order valence-electron chi connectivity index (χ0n) is 10.9. The SMILES string of the molecule is CCS(=O)(=O)[C@@H]1[C@@H](C(N)=S)[C@@H]1c1ccc2c(c1)OCO2. The highest BCUT2D eigenvalue weighted by atomic mass is 32.2. The molecule has 3 rings (SSSR count). The lowest BCUT2D eigenvalue weighted by Crippen LogP contribution is -2.18. The van der Waals surface area contributed by atoms with Crippen molar-refractivity contribution in [2.75, 3.05) is 12.5 Å². The summed E-state index contributed by atoms with van der Waals surface area (Å²) in [5, 5.41) is -0.509. The lowest BCUT2D eigenvalue weighted by Gasteiger charge is -2.02. The molecule has 1 aromatic carbocycles. The largest absolute Gasteiger partial charge is 0.454 e. The van der Waals surface area contributed by atoms with E-state index in [1.54, 1.807) is 13.0 Å². The van der Waals surface area contributed by atoms with Crippen molar-refractivity contribution >= 4 is 27.0 Å². The van der Waals surface area contributed by atoms with E-state index < -0.39 is 15.1 Å². The van der Waals surface area contributed by atoms with Crippen molar-refractivity contribution in [3.8, 4) is 11.5 Å². The van der Waals surface area contributed by atoms with Crippen LogP contribution in [0.3, 0.4) is 0 Å². The highest BCUT2D eigenvalue weighted by Gasteiger charge is 2.59. The summed E-state index contributed by atoms with van der Waals surface area (Å²) in [5.74, 6) is 0.958. The third-order valence-electron chi connectivity index (χ3n) is 3.88. The summed E-state index contributed by atoms with van der Waals surface area (Å²) in [6, 6.07) is 5.47. The van der Waals surface area contributed by atoms with Crippen LogP contribution in [0.25, 0.3) is 0 Å². The van der Waals surface area contributed by atoms with Gasteiger partial charge in [0, 0.05) is 17.6 Å². The van der Waals surface area contributed by atoms with E-state index in [0.717, 1.165) is 5.56 Å². The summed E-state index contributed by atoms with van der Waals surface area (Å²) in [6.45, 7) is 1.83. The number of thiocarbonyl (C=S) groups is 1. The molecule has 20 heavy (non-hydrogen) atoms. The van der Waals surface area contributed by atoms with Gasteiger partial charge in [-0.1, -0.05) is 25.2 Å². The van der Waals surface area contributed by atoms with Crippen LogP contribution in [-0.2, 0) is 9.84 Å². The molecule has 0 radical (unpaired) electrons. The molecule has 1 aliphatic carbocycles. The summed E-state index contributed by atoms with van der Waals surface area (Å²) in [6.07, 6.45) is 0. The molecule has 5 nitrogen and oxygen atoms in total. The molecule has 1 fully saturated rings. The molecule has 0 spiro atoms. The van der Waals surface area contributed by atoms with Gasteiger partial charge in [0.05, 0.1) is 10.2 Å². The lowest BCUT2D eigenvalue weighted by atomic mass is 10.1. The monoisotopic (exact) mass is 313 g/mol. The number of rotatable bonds is 4. The van der Waals surface area contributed by atoms with Crippen molar-refractivity contribution in [2.45, 2.75) is 18.1 Å². The molecule has 2 aliphatic rings. The minimum Gasteiger partial charge on any atom is -0.454 e.